The minimum absolute atomic E-state index is 0.0402. The molecule has 2 amide bonds. The smallest absolute Gasteiger partial charge is 0.411 e. The zero-order chi connectivity index (χ0) is 31.3. The quantitative estimate of drug-likeness (QED) is 0.0917. The lowest BCUT2D eigenvalue weighted by Crippen LogP contribution is -2.43. The Balaban J connectivity index is 2.04. The van der Waals surface area contributed by atoms with E-state index in [1.165, 1.54) is 25.3 Å². The zero-order valence-electron chi connectivity index (χ0n) is 25.6. The van der Waals surface area contributed by atoms with Crippen molar-refractivity contribution < 1.29 is 28.3 Å². The molecular formula is C30H43N5O6Si. The van der Waals surface area contributed by atoms with Crippen molar-refractivity contribution in [2.24, 2.45) is 15.9 Å². The number of nitrogens with two attached hydrogens (primary N) is 1. The molecule has 0 spiro atoms. The van der Waals surface area contributed by atoms with Crippen LogP contribution in [0.1, 0.15) is 62.5 Å². The summed E-state index contributed by atoms with van der Waals surface area (Å²) in [4.78, 5) is 41.0. The van der Waals surface area contributed by atoms with E-state index in [-0.39, 0.29) is 30.4 Å². The van der Waals surface area contributed by atoms with E-state index in [2.05, 4.69) is 54.6 Å². The van der Waals surface area contributed by atoms with Crippen LogP contribution in [-0.4, -0.2) is 51.3 Å². The first-order valence-electron chi connectivity index (χ1n) is 13.8. The van der Waals surface area contributed by atoms with Crippen LogP contribution in [0.15, 0.2) is 52.6 Å². The Kier molecular flexibility index (Phi) is 12.7. The van der Waals surface area contributed by atoms with E-state index in [9.17, 15) is 14.4 Å². The van der Waals surface area contributed by atoms with Crippen LogP contribution in [0.5, 0.6) is 5.75 Å². The van der Waals surface area contributed by atoms with Gasteiger partial charge in [-0.05, 0) is 60.4 Å². The number of aliphatic imine (C=N–C) groups is 1. The summed E-state index contributed by atoms with van der Waals surface area (Å²) in [5.41, 5.74) is 2.25. The molecule has 0 aliphatic carbocycles. The predicted molar refractivity (Wildman–Crippen MR) is 168 cm³/mol. The van der Waals surface area contributed by atoms with Gasteiger partial charge in [0, 0.05) is 30.8 Å². The Bertz CT molecular complexity index is 1290. The highest BCUT2D eigenvalue weighted by Crippen LogP contribution is 2.37. The summed E-state index contributed by atoms with van der Waals surface area (Å²) in [5, 5.41) is 9.10. The van der Waals surface area contributed by atoms with Crippen LogP contribution in [0.2, 0.25) is 18.1 Å². The summed E-state index contributed by atoms with van der Waals surface area (Å²) in [6.45, 7) is 14.8. The molecule has 0 bridgehead atoms. The number of nitrogens with zero attached hydrogens (tertiary/aromatic N) is 2. The van der Waals surface area contributed by atoms with Crippen LogP contribution in [-0.2, 0) is 27.5 Å². The molecule has 2 rings (SSSR count). The molecule has 0 heterocycles. The van der Waals surface area contributed by atoms with E-state index < -0.39 is 26.3 Å². The van der Waals surface area contributed by atoms with Crippen molar-refractivity contribution in [3.63, 3.8) is 0 Å². The molecule has 0 saturated heterocycles. The normalized spacial score (nSPS) is 12.1. The molecule has 0 aliphatic heterocycles. The number of carbonyl (C=O) groups is 3. The average molecular weight is 598 g/mol. The van der Waals surface area contributed by atoms with Gasteiger partial charge in [-0.15, -0.1) is 0 Å². The summed E-state index contributed by atoms with van der Waals surface area (Å²) >= 11 is 0. The molecule has 2 aromatic carbocycles. The average Bonchev–Trinajstić information content (AvgIpc) is 2.93. The Hall–Kier alpha value is -4.19. The minimum atomic E-state index is -1.96. The maximum absolute atomic E-state index is 12.7. The zero-order valence-corrected chi connectivity index (χ0v) is 26.6. The first kappa shape index (κ1) is 34.0. The third-order valence-corrected chi connectivity index (χ3v) is 11.1. The Morgan fingerprint density at radius 1 is 1.02 bits per heavy atom. The lowest BCUT2D eigenvalue weighted by molar-refractivity contribution is -0.142. The fraction of sp³-hybridized carbons (Fsp3) is 0.433. The highest BCUT2D eigenvalue weighted by Gasteiger charge is 2.38. The maximum atomic E-state index is 12.7. The second-order valence-electron chi connectivity index (χ2n) is 11.2. The highest BCUT2D eigenvalue weighted by molar-refractivity contribution is 6.74. The highest BCUT2D eigenvalue weighted by atomic mass is 28.4. The van der Waals surface area contributed by atoms with Gasteiger partial charge in [0.1, 0.15) is 19.0 Å². The molecule has 4 N–H and O–H groups in total. The largest absolute Gasteiger partial charge is 0.544 e. The molecule has 0 saturated carbocycles. The number of carbonyl (C=O) groups excluding carboxylic acids is 3. The molecule has 0 atom stereocenters. The fourth-order valence-electron chi connectivity index (χ4n) is 3.25. The van der Waals surface area contributed by atoms with Crippen molar-refractivity contribution in [2.45, 2.75) is 72.4 Å². The number of anilines is 1. The molecule has 0 aromatic heterocycles. The number of hydrogen-bond donors (Lipinski definition) is 3. The number of amides is 2. The molecule has 42 heavy (non-hydrogen) atoms. The van der Waals surface area contributed by atoms with E-state index in [1.807, 2.05) is 31.2 Å². The molecule has 0 radical (unpaired) electrons. The van der Waals surface area contributed by atoms with Gasteiger partial charge in [-0.3, -0.25) is 19.9 Å². The predicted octanol–water partition coefficient (Wildman–Crippen LogP) is 5.41. The van der Waals surface area contributed by atoms with Gasteiger partial charge in [0.05, 0.1) is 17.9 Å². The number of hydrogen-bond acceptors (Lipinski definition) is 9. The minimum Gasteiger partial charge on any atom is -0.544 e. The van der Waals surface area contributed by atoms with Crippen molar-refractivity contribution in [1.82, 2.24) is 5.32 Å². The molecule has 11 nitrogen and oxygen atoms in total. The van der Waals surface area contributed by atoms with Crippen LogP contribution in [0, 0.1) is 0 Å². The summed E-state index contributed by atoms with van der Waals surface area (Å²) in [6, 6.07) is 12.1. The van der Waals surface area contributed by atoms with Crippen molar-refractivity contribution in [2.75, 3.05) is 18.4 Å². The molecule has 0 aliphatic rings. The molecule has 228 valence electrons. The van der Waals surface area contributed by atoms with Gasteiger partial charge in [0.25, 0.3) is 5.91 Å². The van der Waals surface area contributed by atoms with Gasteiger partial charge < -0.3 is 25.1 Å². The summed E-state index contributed by atoms with van der Waals surface area (Å²) in [6.07, 6.45) is 1.69. The third kappa shape index (κ3) is 11.0. The van der Waals surface area contributed by atoms with Crippen LogP contribution in [0.3, 0.4) is 0 Å². The van der Waals surface area contributed by atoms with E-state index >= 15 is 0 Å². The number of ether oxygens (including phenoxy) is 2. The van der Waals surface area contributed by atoms with Gasteiger partial charge in [0.15, 0.2) is 0 Å². The lowest BCUT2D eigenvalue weighted by atomic mass is 10.1. The Morgan fingerprint density at radius 3 is 2.31 bits per heavy atom. The third-order valence-electron chi connectivity index (χ3n) is 6.70. The summed E-state index contributed by atoms with van der Waals surface area (Å²) in [7, 11) is -1.96. The van der Waals surface area contributed by atoms with E-state index in [0.717, 1.165) is 17.7 Å². The summed E-state index contributed by atoms with van der Waals surface area (Å²) < 4.78 is 16.8. The van der Waals surface area contributed by atoms with Crippen LogP contribution in [0.4, 0.5) is 10.5 Å². The van der Waals surface area contributed by atoms with Gasteiger partial charge >= 0.3 is 12.1 Å². The number of esters is 1. The van der Waals surface area contributed by atoms with Gasteiger partial charge in [-0.2, -0.15) is 5.10 Å². The lowest BCUT2D eigenvalue weighted by Gasteiger charge is -2.36. The number of nitrogens with one attached hydrogen (secondary N) is 2. The first-order chi connectivity index (χ1) is 19.8. The van der Waals surface area contributed by atoms with Crippen molar-refractivity contribution >= 4 is 43.9 Å². The topological polar surface area (TPSA) is 154 Å². The number of rotatable bonds is 13. The van der Waals surface area contributed by atoms with Crippen molar-refractivity contribution in [1.29, 1.82) is 0 Å². The second-order valence-corrected chi connectivity index (χ2v) is 15.9. The van der Waals surface area contributed by atoms with Gasteiger partial charge in [0.2, 0.25) is 8.32 Å². The monoisotopic (exact) mass is 597 g/mol. The van der Waals surface area contributed by atoms with E-state index in [4.69, 9.17) is 19.7 Å². The second kappa shape index (κ2) is 15.7. The Labute approximate surface area is 249 Å². The fourth-order valence-corrected chi connectivity index (χ4v) is 4.28. The van der Waals surface area contributed by atoms with Crippen LogP contribution < -0.4 is 20.9 Å². The first-order valence-corrected chi connectivity index (χ1v) is 16.7. The van der Waals surface area contributed by atoms with Crippen LogP contribution in [0.25, 0.3) is 0 Å². The van der Waals surface area contributed by atoms with Crippen molar-refractivity contribution in [3.05, 3.63) is 59.2 Å². The molecule has 0 unspecified atom stereocenters. The molecule has 12 heteroatoms. The molecular weight excluding hydrogens is 554 g/mol. The van der Waals surface area contributed by atoms with Crippen LogP contribution >= 0.6 is 0 Å². The Morgan fingerprint density at radius 2 is 1.71 bits per heavy atom. The van der Waals surface area contributed by atoms with E-state index in [1.54, 1.807) is 6.07 Å². The maximum Gasteiger partial charge on any atom is 0.411 e. The summed E-state index contributed by atoms with van der Waals surface area (Å²) in [5.74, 6) is 5.26. The van der Waals surface area contributed by atoms with Crippen molar-refractivity contribution in [3.8, 4) is 5.75 Å². The number of benzene rings is 2. The van der Waals surface area contributed by atoms with E-state index in [0.29, 0.717) is 23.5 Å². The number of hydrazone groups is 1. The van der Waals surface area contributed by atoms with Gasteiger partial charge in [-0.1, -0.05) is 39.8 Å². The molecule has 2 aromatic rings. The molecule has 0 fully saturated rings. The SMILES string of the molecule is CCCN=CC(CNC(=O)c1ccc(NC(=O)OCc2ccc(O[Si](C)(C)C(C)(C)C)cc2)c(COC(C)=O)c1)=NN. The van der Waals surface area contributed by atoms with Gasteiger partial charge in [-0.25, -0.2) is 4.79 Å². The standard InChI is InChI=1S/C30H43N5O6Si/c1-8-15-32-17-25(35-31)18-33-28(37)23-11-14-27(24(16-23)20-39-21(2)36)34-29(38)40-19-22-9-12-26(13-10-22)41-42(6,7)30(3,4)5/h9-14,16-17H,8,15,18-20,31H2,1-7H3,(H,33,37)(H,34,38).